The number of aliphatic hydroxyl groups is 2. The Hall–Kier alpha value is -3.32. The second kappa shape index (κ2) is 16.3. The number of carbonyl (C=O) groups is 4. The third-order valence-electron chi connectivity index (χ3n) is 4.19. The van der Waals surface area contributed by atoms with Crippen LogP contribution >= 0.6 is 0 Å². The summed E-state index contributed by atoms with van der Waals surface area (Å²) in [4.78, 5) is 49.4. The summed E-state index contributed by atoms with van der Waals surface area (Å²) in [6.45, 7) is 2.42. The lowest BCUT2D eigenvalue weighted by atomic mass is 9.94. The van der Waals surface area contributed by atoms with Gasteiger partial charge in [-0.15, -0.1) is 0 Å². The zero-order chi connectivity index (χ0) is 25.7. The van der Waals surface area contributed by atoms with Crippen LogP contribution in [0.5, 0.6) is 0 Å². The minimum absolute atomic E-state index is 0. The number of methoxy groups -OCH3 is 4. The fraction of sp³-hybridized carbons (Fsp3) is 0.455. The van der Waals surface area contributed by atoms with Crippen molar-refractivity contribution in [3.8, 4) is 0 Å². The molecule has 3 N–H and O–H groups in total. The summed E-state index contributed by atoms with van der Waals surface area (Å²) in [6.07, 6.45) is 1.24. The zero-order valence-corrected chi connectivity index (χ0v) is 19.2. The topological polar surface area (TPSA) is 175 Å². The number of ketones is 4. The highest BCUT2D eigenvalue weighted by Crippen LogP contribution is 2.25. The summed E-state index contributed by atoms with van der Waals surface area (Å²) in [7, 11) is 5.22. The molecule has 0 aliphatic heterocycles. The number of ether oxygens (including phenoxy) is 4. The van der Waals surface area contributed by atoms with Gasteiger partial charge in [0.05, 0.1) is 41.7 Å². The molecule has 0 atom stereocenters. The van der Waals surface area contributed by atoms with Crippen molar-refractivity contribution in [2.24, 2.45) is 0 Å². The molecule has 0 bridgehead atoms. The Bertz CT molecular complexity index is 888. The van der Waals surface area contributed by atoms with Crippen molar-refractivity contribution in [2.75, 3.05) is 48.3 Å². The average Bonchev–Trinajstić information content (AvgIpc) is 2.80. The SMILES string of the molecule is C.COC1=C(OC)C(=O)C(C)=CC1=O.COC1=C(OC)C(=O)C(CO)=C(C)C1=O.OCCOO. The largest absolute Gasteiger partial charge is 0.490 e. The van der Waals surface area contributed by atoms with Gasteiger partial charge in [-0.2, -0.15) is 0 Å². The fourth-order valence-electron chi connectivity index (χ4n) is 2.52. The minimum Gasteiger partial charge on any atom is -0.490 e. The van der Waals surface area contributed by atoms with Gasteiger partial charge in [0.2, 0.25) is 46.2 Å². The lowest BCUT2D eigenvalue weighted by Crippen LogP contribution is -2.26. The first-order chi connectivity index (χ1) is 15.6. The Kier molecular flexibility index (Phi) is 15.8. The Labute approximate surface area is 197 Å². The van der Waals surface area contributed by atoms with E-state index in [1.54, 1.807) is 6.92 Å². The first-order valence-corrected chi connectivity index (χ1v) is 9.30. The molecule has 2 aliphatic rings. The first kappa shape index (κ1) is 32.9. The number of hydrogen-bond donors (Lipinski definition) is 3. The van der Waals surface area contributed by atoms with E-state index in [0.717, 1.165) is 0 Å². The summed E-state index contributed by atoms with van der Waals surface area (Å²) >= 11 is 0. The summed E-state index contributed by atoms with van der Waals surface area (Å²) in [6, 6.07) is 0. The van der Waals surface area contributed by atoms with E-state index in [-0.39, 0.29) is 66.4 Å². The van der Waals surface area contributed by atoms with Crippen molar-refractivity contribution < 1.29 is 58.5 Å². The smallest absolute Gasteiger partial charge is 0.230 e. The zero-order valence-electron chi connectivity index (χ0n) is 19.2. The van der Waals surface area contributed by atoms with Crippen LogP contribution in [0.2, 0.25) is 0 Å². The standard InChI is InChI=1S/C10H12O5.C9H10O4.C2H6O3.CH4/c1-5-6(4-11)8(13)10(15-3)9(14-2)7(5)12;1-5-4-6(10)8(12-2)9(13-3)7(5)11;3-1-2-5-4;/h11H,4H2,1-3H3;4H,1-3H3;3-4H,1-2H2;1H4. The summed E-state index contributed by atoms with van der Waals surface area (Å²) in [5, 5.41) is 24.2. The molecule has 0 radical (unpaired) electrons. The van der Waals surface area contributed by atoms with Crippen LogP contribution in [0.15, 0.2) is 45.8 Å². The number of carbonyl (C=O) groups excluding carboxylic acids is 4. The molecule has 0 saturated heterocycles. The normalized spacial score (nSPS) is 15.5. The molecule has 0 heterocycles. The Morgan fingerprint density at radius 1 is 0.735 bits per heavy atom. The second-order valence-electron chi connectivity index (χ2n) is 6.13. The van der Waals surface area contributed by atoms with Crippen molar-refractivity contribution in [1.82, 2.24) is 0 Å². The number of allylic oxidation sites excluding steroid dienone is 4. The van der Waals surface area contributed by atoms with Crippen molar-refractivity contribution in [1.29, 1.82) is 0 Å². The minimum atomic E-state index is -0.506. The van der Waals surface area contributed by atoms with Gasteiger partial charge in [0.1, 0.15) is 6.61 Å². The van der Waals surface area contributed by atoms with Crippen LogP contribution in [-0.2, 0) is 43.0 Å². The van der Waals surface area contributed by atoms with Crippen LogP contribution in [0.4, 0.5) is 0 Å². The molecule has 2 rings (SSSR count). The van der Waals surface area contributed by atoms with E-state index in [1.165, 1.54) is 41.4 Å². The highest BCUT2D eigenvalue weighted by molar-refractivity contribution is 6.23. The lowest BCUT2D eigenvalue weighted by Gasteiger charge is -2.18. The third kappa shape index (κ3) is 7.92. The molecular weight excluding hydrogens is 456 g/mol. The van der Waals surface area contributed by atoms with Gasteiger partial charge in [-0.25, -0.2) is 4.89 Å². The van der Waals surface area contributed by atoms with Gasteiger partial charge in [0.15, 0.2) is 0 Å². The molecular formula is C22H32O12. The van der Waals surface area contributed by atoms with E-state index in [2.05, 4.69) is 4.89 Å². The molecule has 0 aromatic carbocycles. The maximum Gasteiger partial charge on any atom is 0.230 e. The van der Waals surface area contributed by atoms with Crippen LogP contribution in [0.25, 0.3) is 0 Å². The number of aliphatic hydroxyl groups excluding tert-OH is 2. The molecule has 0 amide bonds. The summed E-state index contributed by atoms with van der Waals surface area (Å²) in [5.74, 6) is -1.90. The van der Waals surface area contributed by atoms with E-state index < -0.39 is 18.2 Å². The molecule has 192 valence electrons. The van der Waals surface area contributed by atoms with Crippen LogP contribution < -0.4 is 0 Å². The monoisotopic (exact) mass is 488 g/mol. The van der Waals surface area contributed by atoms with Gasteiger partial charge in [-0.1, -0.05) is 7.43 Å². The second-order valence-corrected chi connectivity index (χ2v) is 6.13. The van der Waals surface area contributed by atoms with Crippen LogP contribution in [0.3, 0.4) is 0 Å². The molecule has 0 unspecified atom stereocenters. The van der Waals surface area contributed by atoms with E-state index in [9.17, 15) is 19.2 Å². The van der Waals surface area contributed by atoms with E-state index in [1.807, 2.05) is 0 Å². The predicted molar refractivity (Wildman–Crippen MR) is 118 cm³/mol. The summed E-state index contributed by atoms with van der Waals surface area (Å²) < 4.78 is 19.2. The van der Waals surface area contributed by atoms with Crippen LogP contribution in [0, 0.1) is 0 Å². The number of hydrogen-bond acceptors (Lipinski definition) is 12. The first-order valence-electron chi connectivity index (χ1n) is 9.30. The van der Waals surface area contributed by atoms with Gasteiger partial charge in [-0.3, -0.25) is 24.4 Å². The Morgan fingerprint density at radius 3 is 1.53 bits per heavy atom. The lowest BCUT2D eigenvalue weighted by molar-refractivity contribution is -0.246. The quantitative estimate of drug-likeness (QED) is 0.259. The van der Waals surface area contributed by atoms with Gasteiger partial charge >= 0.3 is 0 Å². The van der Waals surface area contributed by atoms with Crippen molar-refractivity contribution in [3.63, 3.8) is 0 Å². The highest BCUT2D eigenvalue weighted by Gasteiger charge is 2.34. The van der Waals surface area contributed by atoms with Gasteiger partial charge in [0.25, 0.3) is 0 Å². The number of rotatable bonds is 7. The molecule has 2 aliphatic carbocycles. The molecule has 34 heavy (non-hydrogen) atoms. The predicted octanol–water partition coefficient (Wildman–Crippen LogP) is 0.645. The maximum absolute atomic E-state index is 11.7. The van der Waals surface area contributed by atoms with E-state index >= 15 is 0 Å². The molecule has 0 fully saturated rings. The summed E-state index contributed by atoms with van der Waals surface area (Å²) in [5.41, 5.74) is 0.612. The third-order valence-corrected chi connectivity index (χ3v) is 4.19. The highest BCUT2D eigenvalue weighted by atomic mass is 17.1. The molecule has 12 heteroatoms. The van der Waals surface area contributed by atoms with E-state index in [4.69, 9.17) is 34.4 Å². The Balaban J connectivity index is 0. The van der Waals surface area contributed by atoms with Crippen molar-refractivity contribution in [3.05, 3.63) is 45.8 Å². The van der Waals surface area contributed by atoms with E-state index in [0.29, 0.717) is 5.57 Å². The van der Waals surface area contributed by atoms with Crippen LogP contribution in [0.1, 0.15) is 21.3 Å². The number of Topliss-reactive ketones (excluding diaryl/α,β-unsaturated/α-hetero) is 3. The van der Waals surface area contributed by atoms with Gasteiger partial charge < -0.3 is 29.2 Å². The van der Waals surface area contributed by atoms with Crippen LogP contribution in [-0.4, -0.2) is 86.9 Å². The van der Waals surface area contributed by atoms with Gasteiger partial charge in [-0.05, 0) is 19.9 Å². The molecule has 0 spiro atoms. The molecule has 0 saturated carbocycles. The molecule has 0 aromatic rings. The average molecular weight is 488 g/mol. The molecule has 12 nitrogen and oxygen atoms in total. The maximum atomic E-state index is 11.7. The fourth-order valence-corrected chi connectivity index (χ4v) is 2.52. The van der Waals surface area contributed by atoms with Crippen molar-refractivity contribution >= 4 is 23.1 Å². The van der Waals surface area contributed by atoms with Gasteiger partial charge in [0, 0.05) is 16.7 Å². The van der Waals surface area contributed by atoms with Crippen molar-refractivity contribution in [2.45, 2.75) is 21.3 Å². The Morgan fingerprint density at radius 2 is 1.18 bits per heavy atom. The molecule has 0 aromatic heterocycles.